The Hall–Kier alpha value is -2.70. The second-order valence-electron chi connectivity index (χ2n) is 3.72. The zero-order chi connectivity index (χ0) is 13.7. The van der Waals surface area contributed by atoms with E-state index in [-0.39, 0.29) is 5.69 Å². The number of nitrogens with one attached hydrogen (secondary N) is 1. The molecule has 1 heterocycles. The first-order valence-corrected chi connectivity index (χ1v) is 5.52. The normalized spacial score (nSPS) is 9.95. The smallest absolute Gasteiger partial charge is 0.269 e. The van der Waals surface area contributed by atoms with Crippen molar-refractivity contribution in [2.75, 3.05) is 12.4 Å². The van der Waals surface area contributed by atoms with E-state index >= 15 is 0 Å². The molecule has 0 aliphatic rings. The third-order valence-electron chi connectivity index (χ3n) is 2.46. The van der Waals surface area contributed by atoms with Crippen LogP contribution in [0.2, 0.25) is 0 Å². The number of anilines is 1. The molecule has 0 atom stereocenters. The van der Waals surface area contributed by atoms with Crippen molar-refractivity contribution in [2.24, 2.45) is 0 Å². The van der Waals surface area contributed by atoms with Crippen molar-refractivity contribution in [3.8, 4) is 5.75 Å². The highest BCUT2D eigenvalue weighted by atomic mass is 16.6. The van der Waals surface area contributed by atoms with E-state index in [9.17, 15) is 10.1 Å². The average Bonchev–Trinajstić information content (AvgIpc) is 2.46. The molecule has 2 rings (SSSR count). The lowest BCUT2D eigenvalue weighted by Gasteiger charge is -2.05. The molecule has 0 saturated heterocycles. The number of nitro benzene ring substituents is 1. The molecule has 1 aromatic heterocycles. The summed E-state index contributed by atoms with van der Waals surface area (Å²) in [5.41, 5.74) is 0.981. The first-order chi connectivity index (χ1) is 9.19. The van der Waals surface area contributed by atoms with Crippen molar-refractivity contribution in [2.45, 2.75) is 6.54 Å². The van der Waals surface area contributed by atoms with E-state index in [1.165, 1.54) is 12.1 Å². The SMILES string of the molecule is COc1cnc(NCc2ccc([N+](=O)[O-])cc2)nc1. The summed E-state index contributed by atoms with van der Waals surface area (Å²) >= 11 is 0. The van der Waals surface area contributed by atoms with Crippen molar-refractivity contribution in [3.63, 3.8) is 0 Å². The van der Waals surface area contributed by atoms with Crippen LogP contribution in [0.5, 0.6) is 5.75 Å². The summed E-state index contributed by atoms with van der Waals surface area (Å²) in [7, 11) is 1.54. The van der Waals surface area contributed by atoms with Gasteiger partial charge >= 0.3 is 0 Å². The Morgan fingerprint density at radius 2 is 1.89 bits per heavy atom. The second kappa shape index (κ2) is 5.76. The highest BCUT2D eigenvalue weighted by Crippen LogP contribution is 2.13. The van der Waals surface area contributed by atoms with Crippen molar-refractivity contribution in [1.82, 2.24) is 9.97 Å². The molecule has 0 aliphatic heterocycles. The van der Waals surface area contributed by atoms with E-state index in [1.807, 2.05) is 0 Å². The van der Waals surface area contributed by atoms with Gasteiger partial charge in [-0.3, -0.25) is 10.1 Å². The van der Waals surface area contributed by atoms with Gasteiger partial charge in [-0.25, -0.2) is 9.97 Å². The minimum Gasteiger partial charge on any atom is -0.494 e. The molecule has 0 aliphatic carbocycles. The van der Waals surface area contributed by atoms with Gasteiger partial charge in [-0.05, 0) is 5.56 Å². The number of methoxy groups -OCH3 is 1. The fraction of sp³-hybridized carbons (Fsp3) is 0.167. The van der Waals surface area contributed by atoms with Gasteiger partial charge < -0.3 is 10.1 Å². The largest absolute Gasteiger partial charge is 0.494 e. The molecule has 1 N–H and O–H groups in total. The highest BCUT2D eigenvalue weighted by Gasteiger charge is 2.04. The Balaban J connectivity index is 1.95. The van der Waals surface area contributed by atoms with Crippen LogP contribution in [0.15, 0.2) is 36.7 Å². The highest BCUT2D eigenvalue weighted by molar-refractivity contribution is 5.35. The molecule has 98 valence electrons. The third kappa shape index (κ3) is 3.38. The van der Waals surface area contributed by atoms with Gasteiger partial charge in [0, 0.05) is 18.7 Å². The summed E-state index contributed by atoms with van der Waals surface area (Å²) in [6, 6.07) is 6.31. The predicted octanol–water partition coefficient (Wildman–Crippen LogP) is 2.01. The molecule has 0 bridgehead atoms. The molecular formula is C12H12N4O3. The Morgan fingerprint density at radius 3 is 2.42 bits per heavy atom. The maximum Gasteiger partial charge on any atom is 0.269 e. The summed E-state index contributed by atoms with van der Waals surface area (Å²) in [6.45, 7) is 0.490. The quantitative estimate of drug-likeness (QED) is 0.653. The first kappa shape index (κ1) is 12.7. The second-order valence-corrected chi connectivity index (χ2v) is 3.72. The third-order valence-corrected chi connectivity index (χ3v) is 2.46. The number of hydrogen-bond acceptors (Lipinski definition) is 6. The van der Waals surface area contributed by atoms with Crippen LogP contribution >= 0.6 is 0 Å². The molecular weight excluding hydrogens is 248 g/mol. The maximum absolute atomic E-state index is 10.5. The molecule has 7 heteroatoms. The number of non-ortho nitro benzene ring substituents is 1. The number of aromatic nitrogens is 2. The molecule has 2 aromatic rings. The van der Waals surface area contributed by atoms with E-state index in [0.29, 0.717) is 18.2 Å². The predicted molar refractivity (Wildman–Crippen MR) is 69.0 cm³/mol. The van der Waals surface area contributed by atoms with E-state index in [1.54, 1.807) is 31.6 Å². The van der Waals surface area contributed by atoms with Crippen LogP contribution in [0.4, 0.5) is 11.6 Å². The van der Waals surface area contributed by atoms with Crippen LogP contribution in [-0.4, -0.2) is 22.0 Å². The van der Waals surface area contributed by atoms with Gasteiger partial charge in [-0.2, -0.15) is 0 Å². The van der Waals surface area contributed by atoms with E-state index in [0.717, 1.165) is 5.56 Å². The molecule has 0 amide bonds. The molecule has 0 fully saturated rings. The van der Waals surface area contributed by atoms with Gasteiger partial charge in [-0.1, -0.05) is 12.1 Å². The molecule has 0 radical (unpaired) electrons. The lowest BCUT2D eigenvalue weighted by atomic mass is 10.2. The Labute approximate surface area is 109 Å². The summed E-state index contributed by atoms with van der Waals surface area (Å²) in [5, 5.41) is 13.5. The fourth-order valence-corrected chi connectivity index (χ4v) is 1.43. The Morgan fingerprint density at radius 1 is 1.26 bits per heavy atom. The molecule has 19 heavy (non-hydrogen) atoms. The topological polar surface area (TPSA) is 90.2 Å². The minimum absolute atomic E-state index is 0.0736. The van der Waals surface area contributed by atoms with Crippen LogP contribution in [0.1, 0.15) is 5.56 Å². The lowest BCUT2D eigenvalue weighted by molar-refractivity contribution is -0.384. The average molecular weight is 260 g/mol. The van der Waals surface area contributed by atoms with Crippen LogP contribution < -0.4 is 10.1 Å². The van der Waals surface area contributed by atoms with Crippen molar-refractivity contribution < 1.29 is 9.66 Å². The Bertz CT molecular complexity index is 554. The van der Waals surface area contributed by atoms with Crippen molar-refractivity contribution in [1.29, 1.82) is 0 Å². The zero-order valence-corrected chi connectivity index (χ0v) is 10.2. The van der Waals surface area contributed by atoms with Crippen LogP contribution in [0.25, 0.3) is 0 Å². The summed E-state index contributed by atoms with van der Waals surface area (Å²) in [4.78, 5) is 18.2. The summed E-state index contributed by atoms with van der Waals surface area (Å²) in [5.74, 6) is 1.06. The number of nitro groups is 1. The van der Waals surface area contributed by atoms with Gasteiger partial charge in [0.25, 0.3) is 5.69 Å². The molecule has 1 aromatic carbocycles. The molecule has 7 nitrogen and oxygen atoms in total. The van der Waals surface area contributed by atoms with Crippen molar-refractivity contribution >= 4 is 11.6 Å². The lowest BCUT2D eigenvalue weighted by Crippen LogP contribution is -2.03. The van der Waals surface area contributed by atoms with E-state index in [4.69, 9.17) is 4.74 Å². The van der Waals surface area contributed by atoms with Crippen molar-refractivity contribution in [3.05, 3.63) is 52.3 Å². The van der Waals surface area contributed by atoms with Gasteiger partial charge in [0.2, 0.25) is 5.95 Å². The molecule has 0 unspecified atom stereocenters. The fourth-order valence-electron chi connectivity index (χ4n) is 1.43. The van der Waals surface area contributed by atoms with E-state index in [2.05, 4.69) is 15.3 Å². The van der Waals surface area contributed by atoms with Gasteiger partial charge in [0.1, 0.15) is 0 Å². The monoisotopic (exact) mass is 260 g/mol. The first-order valence-electron chi connectivity index (χ1n) is 5.52. The number of benzene rings is 1. The standard InChI is InChI=1S/C12H12N4O3/c1-19-11-7-14-12(15-8-11)13-6-9-2-4-10(5-3-9)16(17)18/h2-5,7-8H,6H2,1H3,(H,13,14,15). The van der Waals surface area contributed by atoms with Gasteiger partial charge in [0.05, 0.1) is 24.4 Å². The van der Waals surface area contributed by atoms with Crippen LogP contribution in [0.3, 0.4) is 0 Å². The van der Waals surface area contributed by atoms with Crippen LogP contribution in [-0.2, 0) is 6.54 Å². The maximum atomic E-state index is 10.5. The number of hydrogen-bond donors (Lipinski definition) is 1. The van der Waals surface area contributed by atoms with E-state index < -0.39 is 4.92 Å². The van der Waals surface area contributed by atoms with Gasteiger partial charge in [0.15, 0.2) is 5.75 Å². The zero-order valence-electron chi connectivity index (χ0n) is 10.2. The van der Waals surface area contributed by atoms with Gasteiger partial charge in [-0.15, -0.1) is 0 Å². The summed E-state index contributed by atoms with van der Waals surface area (Å²) in [6.07, 6.45) is 3.12. The molecule has 0 spiro atoms. The number of rotatable bonds is 5. The molecule has 0 saturated carbocycles. The number of ether oxygens (including phenoxy) is 1. The van der Waals surface area contributed by atoms with Crippen LogP contribution in [0, 0.1) is 10.1 Å². The minimum atomic E-state index is -0.427. The summed E-state index contributed by atoms with van der Waals surface area (Å²) < 4.78 is 4.95. The number of nitrogens with zero attached hydrogens (tertiary/aromatic N) is 3. The Kier molecular flexibility index (Phi) is 3.87.